The summed E-state index contributed by atoms with van der Waals surface area (Å²) in [6.07, 6.45) is 1.45. The van der Waals surface area contributed by atoms with Crippen molar-refractivity contribution in [2.24, 2.45) is 5.92 Å². The highest BCUT2D eigenvalue weighted by atomic mass is 16.5. The molecule has 0 saturated heterocycles. The van der Waals surface area contributed by atoms with Crippen molar-refractivity contribution < 1.29 is 14.3 Å². The van der Waals surface area contributed by atoms with Crippen molar-refractivity contribution in [3.8, 4) is 0 Å². The van der Waals surface area contributed by atoms with Gasteiger partial charge < -0.3 is 10.1 Å². The molecular formula is C19H27NO3. The first-order valence-corrected chi connectivity index (χ1v) is 8.00. The Morgan fingerprint density at radius 3 is 2.30 bits per heavy atom. The van der Waals surface area contributed by atoms with Gasteiger partial charge in [-0.2, -0.15) is 0 Å². The summed E-state index contributed by atoms with van der Waals surface area (Å²) in [6.45, 7) is 11.5. The fourth-order valence-electron chi connectivity index (χ4n) is 2.26. The number of amides is 1. The zero-order chi connectivity index (χ0) is 17.4. The molecule has 126 valence electrons. The highest BCUT2D eigenvalue weighted by Gasteiger charge is 2.16. The van der Waals surface area contributed by atoms with E-state index in [9.17, 15) is 9.59 Å². The Bertz CT molecular complexity index is 546. The number of carbonyl (C=O) groups is 2. The monoisotopic (exact) mass is 317 g/mol. The summed E-state index contributed by atoms with van der Waals surface area (Å²) in [6, 6.07) is 8.11. The Morgan fingerprint density at radius 2 is 1.78 bits per heavy atom. The molecule has 0 heterocycles. The minimum atomic E-state index is -0.308. The Kier molecular flexibility index (Phi) is 7.52. The van der Waals surface area contributed by atoms with Crippen molar-refractivity contribution >= 4 is 11.9 Å². The lowest BCUT2D eigenvalue weighted by Crippen LogP contribution is -2.20. The number of hydrogen-bond donors (Lipinski definition) is 1. The van der Waals surface area contributed by atoms with Crippen LogP contribution in [0.25, 0.3) is 0 Å². The van der Waals surface area contributed by atoms with Crippen LogP contribution in [-0.4, -0.2) is 18.5 Å². The van der Waals surface area contributed by atoms with E-state index in [0.717, 1.165) is 12.0 Å². The lowest BCUT2D eigenvalue weighted by Gasteiger charge is -2.13. The minimum absolute atomic E-state index is 0.170. The predicted octanol–water partition coefficient (Wildman–Crippen LogP) is 3.57. The van der Waals surface area contributed by atoms with E-state index < -0.39 is 0 Å². The minimum Gasteiger partial charge on any atom is -0.465 e. The zero-order valence-electron chi connectivity index (χ0n) is 14.5. The van der Waals surface area contributed by atoms with Gasteiger partial charge in [-0.3, -0.25) is 9.59 Å². The molecule has 1 atom stereocenters. The van der Waals surface area contributed by atoms with Gasteiger partial charge in [0.1, 0.15) is 0 Å². The fourth-order valence-corrected chi connectivity index (χ4v) is 2.26. The first kappa shape index (κ1) is 18.9. The molecule has 0 bridgehead atoms. The summed E-state index contributed by atoms with van der Waals surface area (Å²) in [4.78, 5) is 22.9. The molecule has 0 saturated carbocycles. The SMILES string of the molecule is C=C(CCOC(=O)C(C)c1ccc(CC(C)C)cc1)NC(C)=O. The Morgan fingerprint density at radius 1 is 1.17 bits per heavy atom. The van der Waals surface area contributed by atoms with Crippen LogP contribution in [-0.2, 0) is 20.7 Å². The third-order valence-corrected chi connectivity index (χ3v) is 3.48. The average molecular weight is 317 g/mol. The van der Waals surface area contributed by atoms with Crippen LogP contribution in [0.15, 0.2) is 36.5 Å². The average Bonchev–Trinajstić information content (AvgIpc) is 2.45. The molecule has 0 aromatic heterocycles. The van der Waals surface area contributed by atoms with Crippen molar-refractivity contribution in [2.75, 3.05) is 6.61 Å². The van der Waals surface area contributed by atoms with Crippen molar-refractivity contribution in [3.05, 3.63) is 47.7 Å². The van der Waals surface area contributed by atoms with E-state index in [2.05, 4.69) is 37.9 Å². The maximum Gasteiger partial charge on any atom is 0.313 e. The van der Waals surface area contributed by atoms with Crippen molar-refractivity contribution in [1.82, 2.24) is 5.32 Å². The van der Waals surface area contributed by atoms with Crippen LogP contribution in [0.2, 0.25) is 0 Å². The van der Waals surface area contributed by atoms with Gasteiger partial charge in [0.25, 0.3) is 0 Å². The van der Waals surface area contributed by atoms with Crippen LogP contribution >= 0.6 is 0 Å². The van der Waals surface area contributed by atoms with Crippen LogP contribution in [0.4, 0.5) is 0 Å². The molecule has 0 radical (unpaired) electrons. The standard InChI is InChI=1S/C19H27NO3/c1-13(2)12-17-6-8-18(9-7-17)15(4)19(22)23-11-10-14(3)20-16(5)21/h6-9,13,15H,3,10-12H2,1-2,4-5H3,(H,20,21). The smallest absolute Gasteiger partial charge is 0.313 e. The van der Waals surface area contributed by atoms with Crippen LogP contribution in [0.1, 0.15) is 51.2 Å². The molecule has 23 heavy (non-hydrogen) atoms. The number of carbonyl (C=O) groups excluding carboxylic acids is 2. The van der Waals surface area contributed by atoms with Crippen molar-refractivity contribution in [1.29, 1.82) is 0 Å². The summed E-state index contributed by atoms with van der Waals surface area (Å²) in [5.41, 5.74) is 2.77. The summed E-state index contributed by atoms with van der Waals surface area (Å²) >= 11 is 0. The molecule has 1 aromatic carbocycles. The summed E-state index contributed by atoms with van der Waals surface area (Å²) in [5.74, 6) is -0.134. The third kappa shape index (κ3) is 7.13. The maximum atomic E-state index is 12.1. The molecular weight excluding hydrogens is 290 g/mol. The van der Waals surface area contributed by atoms with E-state index in [1.807, 2.05) is 19.1 Å². The maximum absolute atomic E-state index is 12.1. The van der Waals surface area contributed by atoms with Gasteiger partial charge in [-0.1, -0.05) is 44.7 Å². The highest BCUT2D eigenvalue weighted by Crippen LogP contribution is 2.19. The van der Waals surface area contributed by atoms with Gasteiger partial charge in [0.15, 0.2) is 0 Å². The molecule has 1 rings (SSSR count). The molecule has 0 aliphatic heterocycles. The van der Waals surface area contributed by atoms with E-state index in [-0.39, 0.29) is 24.4 Å². The van der Waals surface area contributed by atoms with Gasteiger partial charge in [0.05, 0.1) is 12.5 Å². The number of ether oxygens (including phenoxy) is 1. The van der Waals surface area contributed by atoms with Gasteiger partial charge in [-0.25, -0.2) is 0 Å². The summed E-state index contributed by atoms with van der Waals surface area (Å²) in [7, 11) is 0. The zero-order valence-corrected chi connectivity index (χ0v) is 14.5. The normalized spacial score (nSPS) is 11.9. The molecule has 0 spiro atoms. The largest absolute Gasteiger partial charge is 0.465 e. The second-order valence-corrected chi connectivity index (χ2v) is 6.26. The van der Waals surface area contributed by atoms with E-state index in [1.54, 1.807) is 0 Å². The Balaban J connectivity index is 2.46. The predicted molar refractivity (Wildman–Crippen MR) is 91.9 cm³/mol. The number of nitrogens with one attached hydrogen (secondary N) is 1. The van der Waals surface area contributed by atoms with E-state index in [0.29, 0.717) is 18.0 Å². The van der Waals surface area contributed by atoms with Gasteiger partial charge in [0, 0.05) is 19.0 Å². The summed E-state index contributed by atoms with van der Waals surface area (Å²) < 4.78 is 5.25. The molecule has 0 aliphatic carbocycles. The second-order valence-electron chi connectivity index (χ2n) is 6.26. The van der Waals surface area contributed by atoms with Gasteiger partial charge in [0.2, 0.25) is 5.91 Å². The van der Waals surface area contributed by atoms with E-state index in [4.69, 9.17) is 4.74 Å². The molecule has 0 aliphatic rings. The lowest BCUT2D eigenvalue weighted by atomic mass is 9.97. The summed E-state index contributed by atoms with van der Waals surface area (Å²) in [5, 5.41) is 2.57. The first-order chi connectivity index (χ1) is 10.8. The van der Waals surface area contributed by atoms with E-state index in [1.165, 1.54) is 12.5 Å². The topological polar surface area (TPSA) is 55.4 Å². The first-order valence-electron chi connectivity index (χ1n) is 8.00. The number of hydrogen-bond acceptors (Lipinski definition) is 3. The highest BCUT2D eigenvalue weighted by molar-refractivity contribution is 5.77. The fraction of sp³-hybridized carbons (Fsp3) is 0.474. The molecule has 4 heteroatoms. The van der Waals surface area contributed by atoms with Gasteiger partial charge >= 0.3 is 5.97 Å². The van der Waals surface area contributed by atoms with Gasteiger partial charge in [-0.05, 0) is 30.4 Å². The van der Waals surface area contributed by atoms with Crippen LogP contribution in [0, 0.1) is 5.92 Å². The lowest BCUT2D eigenvalue weighted by molar-refractivity contribution is -0.144. The van der Waals surface area contributed by atoms with Crippen LogP contribution < -0.4 is 5.32 Å². The molecule has 4 nitrogen and oxygen atoms in total. The quantitative estimate of drug-likeness (QED) is 0.746. The number of benzene rings is 1. The molecule has 1 aromatic rings. The van der Waals surface area contributed by atoms with Crippen LogP contribution in [0.3, 0.4) is 0 Å². The third-order valence-electron chi connectivity index (χ3n) is 3.48. The van der Waals surface area contributed by atoms with Crippen molar-refractivity contribution in [2.45, 2.75) is 46.5 Å². The molecule has 0 fully saturated rings. The van der Waals surface area contributed by atoms with Crippen LogP contribution in [0.5, 0.6) is 0 Å². The molecule has 1 unspecified atom stereocenters. The van der Waals surface area contributed by atoms with Gasteiger partial charge in [-0.15, -0.1) is 0 Å². The molecule has 1 amide bonds. The number of rotatable bonds is 8. The van der Waals surface area contributed by atoms with E-state index >= 15 is 0 Å². The Hall–Kier alpha value is -2.10. The second kappa shape index (κ2) is 9.13. The molecule has 1 N–H and O–H groups in total. The Labute approximate surface area is 138 Å². The van der Waals surface area contributed by atoms with Crippen molar-refractivity contribution in [3.63, 3.8) is 0 Å². The number of esters is 1.